The van der Waals surface area contributed by atoms with Gasteiger partial charge in [0.1, 0.15) is 5.82 Å². The molecule has 1 saturated heterocycles. The first-order valence-electron chi connectivity index (χ1n) is 7.13. The summed E-state index contributed by atoms with van der Waals surface area (Å²) in [6.07, 6.45) is -0.252. The third kappa shape index (κ3) is 4.58. The maximum absolute atomic E-state index is 12.9. The lowest BCUT2D eigenvalue weighted by atomic mass is 10.1. The molecule has 0 spiro atoms. The van der Waals surface area contributed by atoms with E-state index in [2.05, 4.69) is 4.90 Å². The Bertz CT molecular complexity index is 461. The van der Waals surface area contributed by atoms with Crippen molar-refractivity contribution in [2.45, 2.75) is 12.3 Å². The van der Waals surface area contributed by atoms with Crippen LogP contribution in [0.4, 0.5) is 9.18 Å². The molecule has 1 fully saturated rings. The van der Waals surface area contributed by atoms with Gasteiger partial charge in [-0.1, -0.05) is 12.1 Å². The van der Waals surface area contributed by atoms with E-state index in [0.29, 0.717) is 26.2 Å². The van der Waals surface area contributed by atoms with Gasteiger partial charge in [0.2, 0.25) is 0 Å². The van der Waals surface area contributed by atoms with Crippen molar-refractivity contribution in [1.29, 1.82) is 0 Å². The molecule has 0 aliphatic carbocycles. The van der Waals surface area contributed by atoms with Crippen LogP contribution in [0.25, 0.3) is 0 Å². The molecule has 1 atom stereocenters. The van der Waals surface area contributed by atoms with E-state index in [0.717, 1.165) is 18.7 Å². The van der Waals surface area contributed by atoms with Crippen LogP contribution in [0.2, 0.25) is 0 Å². The van der Waals surface area contributed by atoms with Gasteiger partial charge in [0.25, 0.3) is 0 Å². The minimum absolute atomic E-state index is 0.181. The summed E-state index contributed by atoms with van der Waals surface area (Å²) in [4.78, 5) is 15.5. The standard InChI is InChI=1S/C15H20ClFN2O2/c1-2-21-15(20)19-9-7-18(8-10-19)11-14(16)12-3-5-13(17)6-4-12/h3-6,14H,2,7-11H2,1H3. The second-order valence-electron chi connectivity index (χ2n) is 5.01. The zero-order valence-electron chi connectivity index (χ0n) is 12.1. The Morgan fingerprint density at radius 2 is 1.90 bits per heavy atom. The number of piperazine rings is 1. The number of rotatable bonds is 4. The van der Waals surface area contributed by atoms with Crippen molar-refractivity contribution >= 4 is 17.7 Å². The van der Waals surface area contributed by atoms with Crippen molar-refractivity contribution in [3.05, 3.63) is 35.6 Å². The van der Waals surface area contributed by atoms with Crippen LogP contribution >= 0.6 is 11.6 Å². The average molecular weight is 315 g/mol. The Labute approximate surface area is 129 Å². The monoisotopic (exact) mass is 314 g/mol. The lowest BCUT2D eigenvalue weighted by molar-refractivity contribution is 0.0796. The molecule has 2 rings (SSSR count). The molecule has 0 bridgehead atoms. The Morgan fingerprint density at radius 1 is 1.29 bits per heavy atom. The predicted octanol–water partition coefficient (Wildman–Crippen LogP) is 2.88. The first-order chi connectivity index (χ1) is 10.1. The second-order valence-corrected chi connectivity index (χ2v) is 5.53. The highest BCUT2D eigenvalue weighted by molar-refractivity contribution is 6.21. The van der Waals surface area contributed by atoms with Crippen molar-refractivity contribution in [3.8, 4) is 0 Å². The van der Waals surface area contributed by atoms with Crippen LogP contribution in [0.15, 0.2) is 24.3 Å². The SMILES string of the molecule is CCOC(=O)N1CCN(CC(Cl)c2ccc(F)cc2)CC1. The number of carbonyl (C=O) groups excluding carboxylic acids is 1. The maximum atomic E-state index is 12.9. The van der Waals surface area contributed by atoms with Gasteiger partial charge in [-0.2, -0.15) is 0 Å². The molecular formula is C15H20ClFN2O2. The molecule has 1 aliphatic rings. The first kappa shape index (κ1) is 16.0. The highest BCUT2D eigenvalue weighted by atomic mass is 35.5. The number of halogens is 2. The van der Waals surface area contributed by atoms with Gasteiger partial charge in [-0.15, -0.1) is 11.6 Å². The van der Waals surface area contributed by atoms with E-state index in [1.807, 2.05) is 0 Å². The fraction of sp³-hybridized carbons (Fsp3) is 0.533. The Hall–Kier alpha value is -1.33. The third-order valence-corrected chi connectivity index (χ3v) is 3.94. The lowest BCUT2D eigenvalue weighted by Gasteiger charge is -2.34. The van der Waals surface area contributed by atoms with E-state index in [1.54, 1.807) is 24.0 Å². The van der Waals surface area contributed by atoms with E-state index in [-0.39, 0.29) is 17.3 Å². The first-order valence-corrected chi connectivity index (χ1v) is 7.57. The van der Waals surface area contributed by atoms with Crippen molar-refractivity contribution in [1.82, 2.24) is 9.80 Å². The molecule has 1 aromatic rings. The molecule has 0 radical (unpaired) electrons. The number of alkyl halides is 1. The van der Waals surface area contributed by atoms with E-state index in [1.165, 1.54) is 12.1 Å². The van der Waals surface area contributed by atoms with Gasteiger partial charge in [-0.05, 0) is 24.6 Å². The summed E-state index contributed by atoms with van der Waals surface area (Å²) in [5, 5.41) is -0.181. The number of hydrogen-bond donors (Lipinski definition) is 0. The van der Waals surface area contributed by atoms with E-state index < -0.39 is 0 Å². The highest BCUT2D eigenvalue weighted by Crippen LogP contribution is 2.22. The normalized spacial score (nSPS) is 17.6. The zero-order valence-corrected chi connectivity index (χ0v) is 12.9. The van der Waals surface area contributed by atoms with Crippen molar-refractivity contribution in [2.75, 3.05) is 39.3 Å². The number of benzene rings is 1. The lowest BCUT2D eigenvalue weighted by Crippen LogP contribution is -2.49. The molecule has 1 unspecified atom stereocenters. The second kappa shape index (κ2) is 7.61. The van der Waals surface area contributed by atoms with Crippen LogP contribution in [0.3, 0.4) is 0 Å². The molecule has 6 heteroatoms. The summed E-state index contributed by atoms with van der Waals surface area (Å²) in [6, 6.07) is 6.26. The van der Waals surface area contributed by atoms with Gasteiger partial charge in [0.15, 0.2) is 0 Å². The van der Waals surface area contributed by atoms with Crippen LogP contribution in [0.1, 0.15) is 17.9 Å². The molecule has 1 aliphatic heterocycles. The number of carbonyl (C=O) groups is 1. The minimum atomic E-state index is -0.259. The summed E-state index contributed by atoms with van der Waals surface area (Å²) in [5.74, 6) is -0.259. The topological polar surface area (TPSA) is 32.8 Å². The summed E-state index contributed by atoms with van der Waals surface area (Å²) < 4.78 is 17.9. The fourth-order valence-corrected chi connectivity index (χ4v) is 2.67. The molecule has 21 heavy (non-hydrogen) atoms. The zero-order chi connectivity index (χ0) is 15.2. The van der Waals surface area contributed by atoms with Gasteiger partial charge < -0.3 is 9.64 Å². The van der Waals surface area contributed by atoms with Crippen molar-refractivity contribution in [2.24, 2.45) is 0 Å². The predicted molar refractivity (Wildman–Crippen MR) is 80.0 cm³/mol. The smallest absolute Gasteiger partial charge is 0.409 e. The Kier molecular flexibility index (Phi) is 5.82. The molecule has 0 saturated carbocycles. The van der Waals surface area contributed by atoms with Crippen LogP contribution in [0, 0.1) is 5.82 Å². The maximum Gasteiger partial charge on any atom is 0.409 e. The summed E-state index contributed by atoms with van der Waals surface area (Å²) in [5.41, 5.74) is 0.908. The third-order valence-electron chi connectivity index (χ3n) is 3.55. The van der Waals surface area contributed by atoms with Gasteiger partial charge in [-0.3, -0.25) is 4.90 Å². The van der Waals surface area contributed by atoms with Gasteiger partial charge in [0, 0.05) is 32.7 Å². The summed E-state index contributed by atoms with van der Waals surface area (Å²) in [7, 11) is 0. The van der Waals surface area contributed by atoms with Crippen LogP contribution in [-0.4, -0.2) is 55.2 Å². The molecule has 1 amide bonds. The quantitative estimate of drug-likeness (QED) is 0.801. The molecule has 0 aromatic heterocycles. The summed E-state index contributed by atoms with van der Waals surface area (Å²) in [6.45, 7) is 5.70. The van der Waals surface area contributed by atoms with E-state index in [4.69, 9.17) is 16.3 Å². The van der Waals surface area contributed by atoms with Crippen molar-refractivity contribution < 1.29 is 13.9 Å². The fourth-order valence-electron chi connectivity index (χ4n) is 2.33. The summed E-state index contributed by atoms with van der Waals surface area (Å²) >= 11 is 6.37. The number of hydrogen-bond acceptors (Lipinski definition) is 3. The van der Waals surface area contributed by atoms with Crippen LogP contribution in [0.5, 0.6) is 0 Å². The molecule has 116 valence electrons. The van der Waals surface area contributed by atoms with E-state index >= 15 is 0 Å². The van der Waals surface area contributed by atoms with Crippen molar-refractivity contribution in [3.63, 3.8) is 0 Å². The molecule has 1 heterocycles. The van der Waals surface area contributed by atoms with Gasteiger partial charge >= 0.3 is 6.09 Å². The van der Waals surface area contributed by atoms with Gasteiger partial charge in [-0.25, -0.2) is 9.18 Å². The minimum Gasteiger partial charge on any atom is -0.450 e. The number of amides is 1. The molecule has 1 aromatic carbocycles. The number of ether oxygens (including phenoxy) is 1. The molecular weight excluding hydrogens is 295 g/mol. The highest BCUT2D eigenvalue weighted by Gasteiger charge is 2.23. The van der Waals surface area contributed by atoms with Gasteiger partial charge in [0.05, 0.1) is 12.0 Å². The molecule has 0 N–H and O–H groups in total. The molecule has 4 nitrogen and oxygen atoms in total. The Balaban J connectivity index is 1.80. The van der Waals surface area contributed by atoms with E-state index in [9.17, 15) is 9.18 Å². The average Bonchev–Trinajstić information content (AvgIpc) is 2.49. The van der Waals surface area contributed by atoms with Crippen LogP contribution in [-0.2, 0) is 4.74 Å². The number of nitrogens with zero attached hydrogens (tertiary/aromatic N) is 2. The Morgan fingerprint density at radius 3 is 2.48 bits per heavy atom. The van der Waals surface area contributed by atoms with Crippen LogP contribution < -0.4 is 0 Å². The largest absolute Gasteiger partial charge is 0.450 e.